The highest BCUT2D eigenvalue weighted by Crippen LogP contribution is 2.19. The van der Waals surface area contributed by atoms with Crippen LogP contribution in [-0.2, 0) is 0 Å². The normalized spacial score (nSPS) is 13.4. The predicted octanol–water partition coefficient (Wildman–Crippen LogP) is 6.50. The number of benzene rings is 2. The third kappa shape index (κ3) is 5.61. The topological polar surface area (TPSA) is 50.5 Å². The SMILES string of the molecule is C[C@H](N=Cc1ccc(-c2ccc(C=N[C@@H](C)c3ccccc3)nc2)cn1)c1ccccc1. The molecule has 0 spiro atoms. The zero-order valence-electron chi connectivity index (χ0n) is 18.3. The van der Waals surface area contributed by atoms with Crippen molar-refractivity contribution in [2.24, 2.45) is 9.98 Å². The summed E-state index contributed by atoms with van der Waals surface area (Å²) in [6.45, 7) is 4.16. The largest absolute Gasteiger partial charge is 0.283 e. The minimum atomic E-state index is 0.0979. The Labute approximate surface area is 189 Å². The standard InChI is InChI=1S/C28H26N4/c1-21(23-9-5-3-6-10-23)29-19-27-15-13-25(17-31-27)26-14-16-28(32-18-26)20-30-22(2)24-11-7-4-8-12-24/h3-22H,1-2H3/t21-,22-/m0/s1. The first-order valence-electron chi connectivity index (χ1n) is 10.8. The highest BCUT2D eigenvalue weighted by Gasteiger charge is 2.04. The summed E-state index contributed by atoms with van der Waals surface area (Å²) in [6, 6.07) is 28.7. The molecule has 4 aromatic rings. The van der Waals surface area contributed by atoms with E-state index < -0.39 is 0 Å². The molecule has 0 aliphatic heterocycles. The van der Waals surface area contributed by atoms with Crippen molar-refractivity contribution in [2.45, 2.75) is 25.9 Å². The van der Waals surface area contributed by atoms with Gasteiger partial charge in [-0.15, -0.1) is 0 Å². The quantitative estimate of drug-likeness (QED) is 0.322. The molecule has 0 aliphatic carbocycles. The highest BCUT2D eigenvalue weighted by atomic mass is 14.8. The first-order chi connectivity index (χ1) is 15.7. The van der Waals surface area contributed by atoms with Gasteiger partial charge in [0.05, 0.1) is 23.5 Å². The van der Waals surface area contributed by atoms with Gasteiger partial charge >= 0.3 is 0 Å². The van der Waals surface area contributed by atoms with Crippen molar-refractivity contribution >= 4 is 12.4 Å². The number of hydrogen-bond acceptors (Lipinski definition) is 4. The fourth-order valence-electron chi connectivity index (χ4n) is 3.32. The van der Waals surface area contributed by atoms with Gasteiger partial charge in [0.1, 0.15) is 0 Å². The number of rotatable bonds is 7. The molecule has 0 saturated carbocycles. The van der Waals surface area contributed by atoms with Gasteiger partial charge in [-0.25, -0.2) is 0 Å². The molecule has 0 amide bonds. The molecule has 32 heavy (non-hydrogen) atoms. The lowest BCUT2D eigenvalue weighted by molar-refractivity contribution is 0.824. The fraction of sp³-hybridized carbons (Fsp3) is 0.143. The van der Waals surface area contributed by atoms with Crippen LogP contribution in [0.15, 0.2) is 107 Å². The number of hydrogen-bond donors (Lipinski definition) is 0. The number of aliphatic imine (C=N–C) groups is 2. The zero-order valence-corrected chi connectivity index (χ0v) is 18.3. The second-order valence-electron chi connectivity index (χ2n) is 7.67. The minimum absolute atomic E-state index is 0.0979. The summed E-state index contributed by atoms with van der Waals surface area (Å²) < 4.78 is 0. The van der Waals surface area contributed by atoms with Crippen LogP contribution >= 0.6 is 0 Å². The maximum absolute atomic E-state index is 4.62. The van der Waals surface area contributed by atoms with E-state index in [1.54, 1.807) is 0 Å². The molecule has 2 atom stereocenters. The van der Waals surface area contributed by atoms with Crippen molar-refractivity contribution in [2.75, 3.05) is 0 Å². The average Bonchev–Trinajstić information content (AvgIpc) is 2.87. The lowest BCUT2D eigenvalue weighted by atomic mass is 10.1. The van der Waals surface area contributed by atoms with E-state index in [9.17, 15) is 0 Å². The van der Waals surface area contributed by atoms with Gasteiger partial charge in [0, 0.05) is 35.9 Å². The van der Waals surface area contributed by atoms with E-state index in [4.69, 9.17) is 0 Å². The van der Waals surface area contributed by atoms with Crippen molar-refractivity contribution in [3.8, 4) is 11.1 Å². The molecule has 158 valence electrons. The van der Waals surface area contributed by atoms with Crippen LogP contribution in [-0.4, -0.2) is 22.4 Å². The molecule has 4 rings (SSSR count). The second kappa shape index (κ2) is 10.4. The van der Waals surface area contributed by atoms with Crippen LogP contribution in [0.1, 0.15) is 48.4 Å². The van der Waals surface area contributed by atoms with Gasteiger partial charge in [0.2, 0.25) is 0 Å². The van der Waals surface area contributed by atoms with Crippen molar-refractivity contribution in [3.05, 3.63) is 120 Å². The zero-order chi connectivity index (χ0) is 22.2. The molecule has 4 nitrogen and oxygen atoms in total. The number of aromatic nitrogens is 2. The Hall–Kier alpha value is -3.92. The van der Waals surface area contributed by atoms with Crippen LogP contribution in [0.5, 0.6) is 0 Å². The summed E-state index contributed by atoms with van der Waals surface area (Å²) in [4.78, 5) is 18.3. The summed E-state index contributed by atoms with van der Waals surface area (Å²) in [7, 11) is 0. The molecule has 0 unspecified atom stereocenters. The molecule has 0 aliphatic rings. The predicted molar refractivity (Wildman–Crippen MR) is 132 cm³/mol. The van der Waals surface area contributed by atoms with E-state index in [2.05, 4.69) is 58.1 Å². The van der Waals surface area contributed by atoms with Crippen molar-refractivity contribution in [1.29, 1.82) is 0 Å². The molecule has 2 aromatic carbocycles. The van der Waals surface area contributed by atoms with E-state index in [0.717, 1.165) is 22.5 Å². The molecule has 0 N–H and O–H groups in total. The van der Waals surface area contributed by atoms with Crippen LogP contribution in [0.4, 0.5) is 0 Å². The number of nitrogens with zero attached hydrogens (tertiary/aromatic N) is 4. The van der Waals surface area contributed by atoms with Gasteiger partial charge in [0.15, 0.2) is 0 Å². The van der Waals surface area contributed by atoms with Crippen molar-refractivity contribution in [1.82, 2.24) is 9.97 Å². The summed E-state index contributed by atoms with van der Waals surface area (Å²) in [5.41, 5.74) is 6.09. The molecule has 4 heteroatoms. The van der Waals surface area contributed by atoms with Crippen molar-refractivity contribution < 1.29 is 0 Å². The molecular formula is C28H26N4. The van der Waals surface area contributed by atoms with E-state index >= 15 is 0 Å². The second-order valence-corrected chi connectivity index (χ2v) is 7.67. The van der Waals surface area contributed by atoms with Gasteiger partial charge in [0.25, 0.3) is 0 Å². The lowest BCUT2D eigenvalue weighted by Crippen LogP contribution is -1.94. The molecular weight excluding hydrogens is 392 g/mol. The Morgan fingerprint density at radius 3 is 1.31 bits per heavy atom. The summed E-state index contributed by atoms with van der Waals surface area (Å²) >= 11 is 0. The van der Waals surface area contributed by atoms with Gasteiger partial charge in [-0.2, -0.15) is 0 Å². The van der Waals surface area contributed by atoms with E-state index in [0.29, 0.717) is 0 Å². The van der Waals surface area contributed by atoms with Crippen LogP contribution < -0.4 is 0 Å². The van der Waals surface area contributed by atoms with Gasteiger partial charge < -0.3 is 0 Å². The molecule has 0 radical (unpaired) electrons. The average molecular weight is 419 g/mol. The Morgan fingerprint density at radius 2 is 0.969 bits per heavy atom. The minimum Gasteiger partial charge on any atom is -0.283 e. The number of pyridine rings is 2. The summed E-state index contributed by atoms with van der Waals surface area (Å²) in [6.07, 6.45) is 7.37. The van der Waals surface area contributed by atoms with Crippen LogP contribution in [0.2, 0.25) is 0 Å². The molecule has 0 bridgehead atoms. The first-order valence-corrected chi connectivity index (χ1v) is 10.8. The van der Waals surface area contributed by atoms with E-state index in [1.807, 2.05) is 85.5 Å². The Morgan fingerprint density at radius 1 is 0.562 bits per heavy atom. The van der Waals surface area contributed by atoms with Crippen LogP contribution in [0.25, 0.3) is 11.1 Å². The molecule has 2 heterocycles. The highest BCUT2D eigenvalue weighted by molar-refractivity contribution is 5.79. The lowest BCUT2D eigenvalue weighted by Gasteiger charge is -2.06. The third-order valence-electron chi connectivity index (χ3n) is 5.33. The van der Waals surface area contributed by atoms with E-state index in [1.165, 1.54) is 11.1 Å². The maximum atomic E-state index is 4.62. The summed E-state index contributed by atoms with van der Waals surface area (Å²) in [5.74, 6) is 0. The molecule has 2 aromatic heterocycles. The maximum Gasteiger partial charge on any atom is 0.0808 e. The monoisotopic (exact) mass is 418 g/mol. The first kappa shape index (κ1) is 21.3. The van der Waals surface area contributed by atoms with Gasteiger partial charge in [-0.3, -0.25) is 20.0 Å². The van der Waals surface area contributed by atoms with Crippen LogP contribution in [0.3, 0.4) is 0 Å². The van der Waals surface area contributed by atoms with E-state index in [-0.39, 0.29) is 12.1 Å². The van der Waals surface area contributed by atoms with Gasteiger partial charge in [-0.1, -0.05) is 72.8 Å². The summed E-state index contributed by atoms with van der Waals surface area (Å²) in [5, 5.41) is 0. The third-order valence-corrected chi connectivity index (χ3v) is 5.33. The smallest absolute Gasteiger partial charge is 0.0808 e. The van der Waals surface area contributed by atoms with Gasteiger partial charge in [-0.05, 0) is 37.1 Å². The Kier molecular flexibility index (Phi) is 6.93. The fourth-order valence-corrected chi connectivity index (χ4v) is 3.32. The molecule has 0 saturated heterocycles. The molecule has 0 fully saturated rings. The van der Waals surface area contributed by atoms with Crippen molar-refractivity contribution in [3.63, 3.8) is 0 Å². The Bertz CT molecular complexity index is 1070. The van der Waals surface area contributed by atoms with Crippen LogP contribution in [0, 0.1) is 0 Å². The Balaban J connectivity index is 1.39.